The van der Waals surface area contributed by atoms with E-state index in [9.17, 15) is 0 Å². The fourth-order valence-corrected chi connectivity index (χ4v) is 2.93. The third-order valence-corrected chi connectivity index (χ3v) is 3.74. The van der Waals surface area contributed by atoms with Gasteiger partial charge in [-0.3, -0.25) is 0 Å². The Labute approximate surface area is 81.3 Å². The number of piperidine rings is 1. The number of hydrogen-bond acceptors (Lipinski definition) is 2. The minimum absolute atomic E-state index is 0.900. The summed E-state index contributed by atoms with van der Waals surface area (Å²) in [7, 11) is 1.79. The van der Waals surface area contributed by atoms with E-state index in [1.165, 1.54) is 38.8 Å². The predicted octanol–water partition coefficient (Wildman–Crippen LogP) is 1.75. The molecule has 1 heterocycles. The number of ether oxygens (including phenoxy) is 1. The molecule has 2 atom stereocenters. The highest BCUT2D eigenvalue weighted by atomic mass is 16.5. The van der Waals surface area contributed by atoms with Gasteiger partial charge in [0.25, 0.3) is 0 Å². The monoisotopic (exact) mass is 183 g/mol. The van der Waals surface area contributed by atoms with Gasteiger partial charge in [-0.25, -0.2) is 0 Å². The van der Waals surface area contributed by atoms with Crippen molar-refractivity contribution in [2.24, 2.45) is 11.8 Å². The Hall–Kier alpha value is -0.0800. The largest absolute Gasteiger partial charge is 0.383 e. The molecule has 76 valence electrons. The Kier molecular flexibility index (Phi) is 3.23. The van der Waals surface area contributed by atoms with Crippen molar-refractivity contribution in [2.45, 2.75) is 25.7 Å². The Bertz CT molecular complexity index is 160. The summed E-state index contributed by atoms with van der Waals surface area (Å²) in [5, 5.41) is 0. The van der Waals surface area contributed by atoms with Gasteiger partial charge in [-0.05, 0) is 31.2 Å². The molecule has 0 aromatic rings. The fourth-order valence-electron chi connectivity index (χ4n) is 2.93. The lowest BCUT2D eigenvalue weighted by molar-refractivity contribution is 0.0967. The van der Waals surface area contributed by atoms with E-state index in [0.29, 0.717) is 0 Å². The lowest BCUT2D eigenvalue weighted by Gasteiger charge is -2.34. The van der Waals surface area contributed by atoms with Gasteiger partial charge in [0, 0.05) is 20.2 Å². The van der Waals surface area contributed by atoms with E-state index in [4.69, 9.17) is 4.74 Å². The molecule has 2 rings (SSSR count). The molecule has 0 bridgehead atoms. The van der Waals surface area contributed by atoms with E-state index < -0.39 is 0 Å². The molecule has 0 aromatic carbocycles. The first-order valence-corrected chi connectivity index (χ1v) is 5.61. The van der Waals surface area contributed by atoms with Crippen molar-refractivity contribution in [3.8, 4) is 0 Å². The van der Waals surface area contributed by atoms with Gasteiger partial charge in [-0.1, -0.05) is 12.8 Å². The van der Waals surface area contributed by atoms with Gasteiger partial charge >= 0.3 is 0 Å². The molecule has 1 saturated carbocycles. The maximum absolute atomic E-state index is 5.11. The molecule has 2 nitrogen and oxygen atoms in total. The van der Waals surface area contributed by atoms with Crippen molar-refractivity contribution >= 4 is 0 Å². The van der Waals surface area contributed by atoms with Crippen molar-refractivity contribution < 1.29 is 4.74 Å². The first kappa shape index (κ1) is 9.47. The van der Waals surface area contributed by atoms with Gasteiger partial charge in [0.15, 0.2) is 0 Å². The van der Waals surface area contributed by atoms with E-state index in [-0.39, 0.29) is 0 Å². The van der Waals surface area contributed by atoms with E-state index in [0.717, 1.165) is 25.0 Å². The first-order valence-electron chi connectivity index (χ1n) is 5.61. The number of methoxy groups -OCH3 is 1. The molecule has 2 unspecified atom stereocenters. The van der Waals surface area contributed by atoms with Gasteiger partial charge in [0.1, 0.15) is 0 Å². The van der Waals surface area contributed by atoms with Crippen LogP contribution in [0.3, 0.4) is 0 Å². The zero-order valence-corrected chi connectivity index (χ0v) is 8.67. The predicted molar refractivity (Wildman–Crippen MR) is 53.8 cm³/mol. The van der Waals surface area contributed by atoms with Crippen LogP contribution in [0, 0.1) is 11.8 Å². The van der Waals surface area contributed by atoms with Crippen LogP contribution in [0.15, 0.2) is 0 Å². The number of rotatable bonds is 3. The summed E-state index contributed by atoms with van der Waals surface area (Å²) in [4.78, 5) is 2.58. The molecule has 1 aliphatic heterocycles. The van der Waals surface area contributed by atoms with Crippen LogP contribution in [0.4, 0.5) is 0 Å². The maximum atomic E-state index is 5.11. The Morgan fingerprint density at radius 1 is 1.23 bits per heavy atom. The van der Waals surface area contributed by atoms with Crippen LogP contribution >= 0.6 is 0 Å². The third kappa shape index (κ3) is 2.23. The molecule has 0 aromatic heterocycles. The standard InChI is InChI=1S/C11H21NO/c1-13-8-7-12-6-5-10-3-2-4-11(10)9-12/h10-11H,2-9H2,1H3. The zero-order valence-electron chi connectivity index (χ0n) is 8.67. The van der Waals surface area contributed by atoms with Crippen LogP contribution in [0.5, 0.6) is 0 Å². The summed E-state index contributed by atoms with van der Waals surface area (Å²) in [6.07, 6.45) is 5.90. The average Bonchev–Trinajstić information content (AvgIpc) is 2.61. The molecule has 0 spiro atoms. The molecule has 13 heavy (non-hydrogen) atoms. The van der Waals surface area contributed by atoms with Crippen LogP contribution in [0.2, 0.25) is 0 Å². The molecule has 0 amide bonds. The van der Waals surface area contributed by atoms with Crippen LogP contribution in [0.25, 0.3) is 0 Å². The SMILES string of the molecule is COCCN1CCC2CCCC2C1. The minimum atomic E-state index is 0.900. The van der Waals surface area contributed by atoms with Crippen molar-refractivity contribution in [3.05, 3.63) is 0 Å². The molecule has 0 N–H and O–H groups in total. The molecule has 1 saturated heterocycles. The Balaban J connectivity index is 1.76. The third-order valence-electron chi connectivity index (χ3n) is 3.74. The second-order valence-corrected chi connectivity index (χ2v) is 4.53. The molecule has 0 radical (unpaired) electrons. The molecule has 2 aliphatic rings. The molecule has 1 aliphatic carbocycles. The van der Waals surface area contributed by atoms with Gasteiger partial charge in [-0.2, -0.15) is 0 Å². The highest BCUT2D eigenvalue weighted by molar-refractivity contribution is 4.84. The lowest BCUT2D eigenvalue weighted by Crippen LogP contribution is -2.39. The quantitative estimate of drug-likeness (QED) is 0.661. The Morgan fingerprint density at radius 3 is 2.92 bits per heavy atom. The van der Waals surface area contributed by atoms with Crippen LogP contribution in [-0.4, -0.2) is 38.3 Å². The minimum Gasteiger partial charge on any atom is -0.383 e. The average molecular weight is 183 g/mol. The lowest BCUT2D eigenvalue weighted by atomic mass is 9.89. The van der Waals surface area contributed by atoms with Crippen LogP contribution in [-0.2, 0) is 4.74 Å². The highest BCUT2D eigenvalue weighted by Crippen LogP contribution is 2.37. The Morgan fingerprint density at radius 2 is 2.08 bits per heavy atom. The van der Waals surface area contributed by atoms with Crippen molar-refractivity contribution in [2.75, 3.05) is 33.4 Å². The second-order valence-electron chi connectivity index (χ2n) is 4.53. The summed E-state index contributed by atoms with van der Waals surface area (Å²) >= 11 is 0. The topological polar surface area (TPSA) is 12.5 Å². The summed E-state index contributed by atoms with van der Waals surface area (Å²) in [5.41, 5.74) is 0. The summed E-state index contributed by atoms with van der Waals surface area (Å²) in [5.74, 6) is 2.09. The van der Waals surface area contributed by atoms with E-state index in [1.807, 2.05) is 0 Å². The van der Waals surface area contributed by atoms with Crippen molar-refractivity contribution in [1.29, 1.82) is 0 Å². The summed E-state index contributed by atoms with van der Waals surface area (Å²) < 4.78 is 5.11. The van der Waals surface area contributed by atoms with Crippen molar-refractivity contribution in [1.82, 2.24) is 4.90 Å². The van der Waals surface area contributed by atoms with E-state index in [2.05, 4.69) is 4.90 Å². The second kappa shape index (κ2) is 4.43. The van der Waals surface area contributed by atoms with Gasteiger partial charge in [0.05, 0.1) is 6.61 Å². The van der Waals surface area contributed by atoms with Gasteiger partial charge < -0.3 is 9.64 Å². The number of nitrogens with zero attached hydrogens (tertiary/aromatic N) is 1. The van der Waals surface area contributed by atoms with Crippen molar-refractivity contribution in [3.63, 3.8) is 0 Å². The maximum Gasteiger partial charge on any atom is 0.0589 e. The molecular formula is C11H21NO. The normalized spacial score (nSPS) is 34.8. The van der Waals surface area contributed by atoms with Gasteiger partial charge in [0.2, 0.25) is 0 Å². The van der Waals surface area contributed by atoms with E-state index in [1.54, 1.807) is 7.11 Å². The number of fused-ring (bicyclic) bond motifs is 1. The fraction of sp³-hybridized carbons (Fsp3) is 1.00. The number of hydrogen-bond donors (Lipinski definition) is 0. The zero-order chi connectivity index (χ0) is 9.10. The van der Waals surface area contributed by atoms with Gasteiger partial charge in [-0.15, -0.1) is 0 Å². The molecule has 2 heteroatoms. The van der Waals surface area contributed by atoms with Crippen LogP contribution < -0.4 is 0 Å². The van der Waals surface area contributed by atoms with Crippen LogP contribution in [0.1, 0.15) is 25.7 Å². The smallest absolute Gasteiger partial charge is 0.0589 e. The molecule has 2 fully saturated rings. The highest BCUT2D eigenvalue weighted by Gasteiger charge is 2.32. The summed E-state index contributed by atoms with van der Waals surface area (Å²) in [6.45, 7) is 4.69. The first-order chi connectivity index (χ1) is 6.40. The summed E-state index contributed by atoms with van der Waals surface area (Å²) in [6, 6.07) is 0. The molecular weight excluding hydrogens is 162 g/mol. The number of likely N-dealkylation sites (tertiary alicyclic amines) is 1. The van der Waals surface area contributed by atoms with E-state index >= 15 is 0 Å².